The van der Waals surface area contributed by atoms with Gasteiger partial charge in [0.1, 0.15) is 5.25 Å². The number of carbonyl (C=O) groups is 1. The maximum atomic E-state index is 12.4. The van der Waals surface area contributed by atoms with Crippen LogP contribution in [0.25, 0.3) is 0 Å². The molecule has 4 heteroatoms. The third kappa shape index (κ3) is 4.40. The lowest BCUT2D eigenvalue weighted by Gasteiger charge is -2.17. The Balaban J connectivity index is 1.95. The van der Waals surface area contributed by atoms with E-state index in [9.17, 15) is 9.00 Å². The second-order valence-corrected chi connectivity index (χ2v) is 7.84. The second kappa shape index (κ2) is 7.21. The third-order valence-electron chi connectivity index (χ3n) is 4.27. The molecular formula is C17H25NO2S. The van der Waals surface area contributed by atoms with Crippen molar-refractivity contribution < 1.29 is 9.00 Å². The van der Waals surface area contributed by atoms with Crippen LogP contribution in [0.15, 0.2) is 18.2 Å². The molecule has 1 fully saturated rings. The summed E-state index contributed by atoms with van der Waals surface area (Å²) in [7, 11) is -1.18. The van der Waals surface area contributed by atoms with E-state index in [-0.39, 0.29) is 11.9 Å². The summed E-state index contributed by atoms with van der Waals surface area (Å²) in [6.45, 7) is 5.82. The lowest BCUT2D eigenvalue weighted by Crippen LogP contribution is -2.41. The van der Waals surface area contributed by atoms with Crippen LogP contribution in [-0.4, -0.2) is 21.4 Å². The van der Waals surface area contributed by atoms with E-state index in [2.05, 4.69) is 17.4 Å². The summed E-state index contributed by atoms with van der Waals surface area (Å²) in [6, 6.07) is 6.45. The maximum Gasteiger partial charge on any atom is 0.235 e. The van der Waals surface area contributed by atoms with Crippen LogP contribution in [0.4, 0.5) is 0 Å². The van der Waals surface area contributed by atoms with Crippen molar-refractivity contribution in [3.8, 4) is 0 Å². The number of nitrogens with one attached hydrogen (secondary N) is 1. The van der Waals surface area contributed by atoms with E-state index in [1.54, 1.807) is 6.92 Å². The van der Waals surface area contributed by atoms with E-state index >= 15 is 0 Å². The van der Waals surface area contributed by atoms with Gasteiger partial charge in [-0.3, -0.25) is 9.00 Å². The van der Waals surface area contributed by atoms with Crippen molar-refractivity contribution in [2.75, 3.05) is 0 Å². The molecule has 0 unspecified atom stereocenters. The van der Waals surface area contributed by atoms with Crippen molar-refractivity contribution in [2.45, 2.75) is 63.5 Å². The number of hydrogen-bond acceptors (Lipinski definition) is 2. The van der Waals surface area contributed by atoms with E-state index < -0.39 is 16.0 Å². The van der Waals surface area contributed by atoms with Crippen molar-refractivity contribution >= 4 is 16.7 Å². The van der Waals surface area contributed by atoms with Crippen LogP contribution in [0.5, 0.6) is 0 Å². The normalized spacial score (nSPS) is 18.4. The van der Waals surface area contributed by atoms with Gasteiger partial charge >= 0.3 is 0 Å². The lowest BCUT2D eigenvalue weighted by atomic mass is 10.1. The molecule has 2 rings (SSSR count). The molecule has 1 N–H and O–H groups in total. The molecule has 21 heavy (non-hydrogen) atoms. The van der Waals surface area contributed by atoms with Crippen LogP contribution in [0.3, 0.4) is 0 Å². The fourth-order valence-electron chi connectivity index (χ4n) is 2.74. The van der Waals surface area contributed by atoms with E-state index in [1.807, 2.05) is 19.9 Å². The van der Waals surface area contributed by atoms with Gasteiger partial charge in [0.2, 0.25) is 5.91 Å². The molecule has 0 saturated heterocycles. The summed E-state index contributed by atoms with van der Waals surface area (Å²) < 4.78 is 12.4. The Morgan fingerprint density at radius 1 is 1.33 bits per heavy atom. The molecule has 0 bridgehead atoms. The Morgan fingerprint density at radius 2 is 2.00 bits per heavy atom. The first-order valence-electron chi connectivity index (χ1n) is 7.71. The predicted octanol–water partition coefficient (Wildman–Crippen LogP) is 3.00. The molecule has 3 nitrogen and oxygen atoms in total. The quantitative estimate of drug-likeness (QED) is 0.909. The molecule has 0 spiro atoms. The Labute approximate surface area is 130 Å². The summed E-state index contributed by atoms with van der Waals surface area (Å²) in [5, 5.41) is 2.59. The van der Waals surface area contributed by atoms with Crippen molar-refractivity contribution in [1.82, 2.24) is 5.32 Å². The van der Waals surface area contributed by atoms with Gasteiger partial charge in [-0.05, 0) is 44.7 Å². The van der Waals surface area contributed by atoms with Crippen LogP contribution in [-0.2, 0) is 21.3 Å². The molecule has 116 valence electrons. The zero-order valence-corrected chi connectivity index (χ0v) is 14.0. The van der Waals surface area contributed by atoms with Gasteiger partial charge < -0.3 is 5.32 Å². The topological polar surface area (TPSA) is 46.2 Å². The van der Waals surface area contributed by atoms with Crippen LogP contribution in [0.2, 0.25) is 0 Å². The standard InChI is InChI=1S/C17H25NO2S/c1-12-8-9-13(2)15(10-12)11-21(20)14(3)17(19)18-16-6-4-5-7-16/h8-10,14,16H,4-7,11H2,1-3H3,(H,18,19)/t14-,21-/m1/s1. The van der Waals surface area contributed by atoms with Gasteiger partial charge in [-0.2, -0.15) is 0 Å². The Kier molecular flexibility index (Phi) is 5.57. The van der Waals surface area contributed by atoms with Gasteiger partial charge in [-0.1, -0.05) is 36.6 Å². The first-order valence-corrected chi connectivity index (χ1v) is 9.09. The van der Waals surface area contributed by atoms with Crippen LogP contribution < -0.4 is 5.32 Å². The zero-order valence-electron chi connectivity index (χ0n) is 13.1. The number of rotatable bonds is 5. The van der Waals surface area contributed by atoms with Gasteiger partial charge in [-0.25, -0.2) is 0 Å². The molecule has 1 amide bonds. The smallest absolute Gasteiger partial charge is 0.235 e. The molecule has 1 aromatic carbocycles. The number of hydrogen-bond donors (Lipinski definition) is 1. The average Bonchev–Trinajstić information content (AvgIpc) is 2.94. The zero-order chi connectivity index (χ0) is 15.4. The molecule has 1 aromatic rings. The summed E-state index contributed by atoms with van der Waals surface area (Å²) in [5.41, 5.74) is 3.38. The first-order chi connectivity index (χ1) is 9.97. The van der Waals surface area contributed by atoms with E-state index in [0.29, 0.717) is 5.75 Å². The van der Waals surface area contributed by atoms with Crippen LogP contribution >= 0.6 is 0 Å². The average molecular weight is 307 g/mol. The largest absolute Gasteiger partial charge is 0.352 e. The highest BCUT2D eigenvalue weighted by atomic mass is 32.2. The fraction of sp³-hybridized carbons (Fsp3) is 0.588. The van der Waals surface area contributed by atoms with Crippen LogP contribution in [0, 0.1) is 13.8 Å². The van der Waals surface area contributed by atoms with Gasteiger partial charge in [-0.15, -0.1) is 0 Å². The van der Waals surface area contributed by atoms with Crippen molar-refractivity contribution in [2.24, 2.45) is 0 Å². The SMILES string of the molecule is Cc1ccc(C)c(C[S@@](=O)[C@H](C)C(=O)NC2CCCC2)c1. The summed E-state index contributed by atoms with van der Waals surface area (Å²) in [6.07, 6.45) is 4.49. The molecule has 1 saturated carbocycles. The van der Waals surface area contributed by atoms with Gasteiger partial charge in [0, 0.05) is 22.6 Å². The Bertz CT molecular complexity index is 536. The Hall–Kier alpha value is -1.16. The minimum absolute atomic E-state index is 0.0643. The summed E-state index contributed by atoms with van der Waals surface area (Å²) >= 11 is 0. The minimum Gasteiger partial charge on any atom is -0.352 e. The molecule has 0 aliphatic heterocycles. The molecule has 0 aromatic heterocycles. The highest BCUT2D eigenvalue weighted by Crippen LogP contribution is 2.19. The monoisotopic (exact) mass is 307 g/mol. The minimum atomic E-state index is -1.18. The number of carbonyl (C=O) groups excluding carboxylic acids is 1. The third-order valence-corrected chi connectivity index (χ3v) is 5.87. The fourth-order valence-corrected chi connectivity index (χ4v) is 3.92. The van der Waals surface area contributed by atoms with Crippen LogP contribution in [0.1, 0.15) is 49.3 Å². The summed E-state index contributed by atoms with van der Waals surface area (Å²) in [5.74, 6) is 0.387. The number of benzene rings is 1. The molecule has 0 heterocycles. The Morgan fingerprint density at radius 3 is 2.67 bits per heavy atom. The molecular weight excluding hydrogens is 282 g/mol. The van der Waals surface area contributed by atoms with E-state index in [0.717, 1.165) is 29.5 Å². The number of amides is 1. The highest BCUT2D eigenvalue weighted by molar-refractivity contribution is 7.85. The van der Waals surface area contributed by atoms with E-state index in [1.165, 1.54) is 12.8 Å². The van der Waals surface area contributed by atoms with Gasteiger partial charge in [0.15, 0.2) is 0 Å². The van der Waals surface area contributed by atoms with Gasteiger partial charge in [0.25, 0.3) is 0 Å². The molecule has 2 atom stereocenters. The van der Waals surface area contributed by atoms with Gasteiger partial charge in [0.05, 0.1) is 0 Å². The second-order valence-electron chi connectivity index (χ2n) is 6.09. The maximum absolute atomic E-state index is 12.4. The number of aryl methyl sites for hydroxylation is 2. The summed E-state index contributed by atoms with van der Waals surface area (Å²) in [4.78, 5) is 12.2. The lowest BCUT2D eigenvalue weighted by molar-refractivity contribution is -0.121. The predicted molar refractivity (Wildman–Crippen MR) is 87.6 cm³/mol. The van der Waals surface area contributed by atoms with Crippen molar-refractivity contribution in [3.63, 3.8) is 0 Å². The highest BCUT2D eigenvalue weighted by Gasteiger charge is 2.24. The van der Waals surface area contributed by atoms with E-state index in [4.69, 9.17) is 0 Å². The molecule has 1 aliphatic rings. The van der Waals surface area contributed by atoms with Crippen molar-refractivity contribution in [1.29, 1.82) is 0 Å². The first kappa shape index (κ1) is 16.2. The van der Waals surface area contributed by atoms with Crippen molar-refractivity contribution in [3.05, 3.63) is 34.9 Å². The molecule has 0 radical (unpaired) electrons. The molecule has 1 aliphatic carbocycles.